The Bertz CT molecular complexity index is 435. The highest BCUT2D eigenvalue weighted by molar-refractivity contribution is 9.10. The number of piperidine rings is 1. The number of hydrogen-bond donors (Lipinski definition) is 0. The predicted molar refractivity (Wildman–Crippen MR) is 74.9 cm³/mol. The zero-order chi connectivity index (χ0) is 12.5. The van der Waals surface area contributed by atoms with Gasteiger partial charge in [-0.15, -0.1) is 0 Å². The lowest BCUT2D eigenvalue weighted by molar-refractivity contribution is 0.106. The molecule has 0 spiro atoms. The minimum Gasteiger partial charge on any atom is -0.296 e. The van der Waals surface area contributed by atoms with Gasteiger partial charge < -0.3 is 0 Å². The van der Waals surface area contributed by atoms with E-state index in [-0.39, 0.29) is 5.82 Å². The lowest BCUT2D eigenvalue weighted by Gasteiger charge is -2.37. The Morgan fingerprint density at radius 1 is 1.22 bits per heavy atom. The summed E-state index contributed by atoms with van der Waals surface area (Å²) in [6, 6.07) is 6.18. The minimum absolute atomic E-state index is 0.170. The van der Waals surface area contributed by atoms with Gasteiger partial charge in [-0.1, -0.05) is 12.5 Å². The Hall–Kier alpha value is -0.410. The normalized spacial score (nSPS) is 28.3. The van der Waals surface area contributed by atoms with Gasteiger partial charge in [0.1, 0.15) is 5.82 Å². The predicted octanol–water partition coefficient (Wildman–Crippen LogP) is 4.35. The van der Waals surface area contributed by atoms with Crippen molar-refractivity contribution in [2.24, 2.45) is 5.92 Å². The monoisotopic (exact) mass is 311 g/mol. The Labute approximate surface area is 116 Å². The third-order valence-electron chi connectivity index (χ3n) is 4.48. The van der Waals surface area contributed by atoms with Crippen molar-refractivity contribution < 1.29 is 4.39 Å². The Kier molecular flexibility index (Phi) is 3.71. The van der Waals surface area contributed by atoms with E-state index in [2.05, 4.69) is 20.8 Å². The molecule has 1 heterocycles. The molecule has 2 unspecified atom stereocenters. The van der Waals surface area contributed by atoms with Gasteiger partial charge in [-0.3, -0.25) is 4.90 Å². The molecule has 98 valence electrons. The van der Waals surface area contributed by atoms with Crippen molar-refractivity contribution in [3.8, 4) is 0 Å². The number of nitrogens with zero attached hydrogens (tertiary/aromatic N) is 1. The van der Waals surface area contributed by atoms with E-state index in [9.17, 15) is 4.39 Å². The van der Waals surface area contributed by atoms with Crippen LogP contribution in [0.4, 0.5) is 4.39 Å². The molecule has 1 aliphatic heterocycles. The molecular formula is C15H19BrFN. The summed E-state index contributed by atoms with van der Waals surface area (Å²) in [6.45, 7) is 2.18. The van der Waals surface area contributed by atoms with Crippen LogP contribution in [0.1, 0.15) is 37.7 Å². The number of hydrogen-bond acceptors (Lipinski definition) is 1. The molecular weight excluding hydrogens is 293 g/mol. The zero-order valence-electron chi connectivity index (χ0n) is 10.5. The molecule has 2 fully saturated rings. The van der Waals surface area contributed by atoms with E-state index in [1.165, 1.54) is 44.2 Å². The molecule has 18 heavy (non-hydrogen) atoms. The van der Waals surface area contributed by atoms with Crippen molar-refractivity contribution in [1.29, 1.82) is 0 Å². The highest BCUT2D eigenvalue weighted by atomic mass is 79.9. The van der Waals surface area contributed by atoms with Gasteiger partial charge in [0.25, 0.3) is 0 Å². The van der Waals surface area contributed by atoms with Crippen molar-refractivity contribution in [3.05, 3.63) is 34.1 Å². The third kappa shape index (κ3) is 2.48. The van der Waals surface area contributed by atoms with Gasteiger partial charge in [-0.25, -0.2) is 4.39 Å². The summed E-state index contributed by atoms with van der Waals surface area (Å²) in [5.74, 6) is 0.749. The van der Waals surface area contributed by atoms with E-state index < -0.39 is 0 Å². The van der Waals surface area contributed by atoms with Crippen molar-refractivity contribution in [2.75, 3.05) is 6.54 Å². The van der Waals surface area contributed by atoms with Crippen LogP contribution in [-0.2, 0) is 6.54 Å². The van der Waals surface area contributed by atoms with Crippen molar-refractivity contribution in [2.45, 2.75) is 44.7 Å². The van der Waals surface area contributed by atoms with E-state index in [0.717, 1.165) is 18.5 Å². The molecule has 2 atom stereocenters. The summed E-state index contributed by atoms with van der Waals surface area (Å²) in [7, 11) is 0. The second kappa shape index (κ2) is 5.30. The molecule has 1 aliphatic carbocycles. The van der Waals surface area contributed by atoms with Crippen molar-refractivity contribution in [3.63, 3.8) is 0 Å². The zero-order valence-corrected chi connectivity index (χ0v) is 12.1. The molecule has 0 aromatic heterocycles. The van der Waals surface area contributed by atoms with Crippen LogP contribution in [0, 0.1) is 11.7 Å². The maximum absolute atomic E-state index is 13.2. The molecule has 3 rings (SSSR count). The van der Waals surface area contributed by atoms with Crippen LogP contribution in [0.25, 0.3) is 0 Å². The second-order valence-corrected chi connectivity index (χ2v) is 6.47. The van der Waals surface area contributed by atoms with Crippen LogP contribution in [-0.4, -0.2) is 17.5 Å². The summed E-state index contributed by atoms with van der Waals surface area (Å²) in [6.07, 6.45) is 6.89. The first-order valence-electron chi connectivity index (χ1n) is 6.92. The Morgan fingerprint density at radius 3 is 2.89 bits per heavy atom. The van der Waals surface area contributed by atoms with Crippen LogP contribution in [0.15, 0.2) is 22.7 Å². The lowest BCUT2D eigenvalue weighted by Crippen LogP contribution is -2.41. The van der Waals surface area contributed by atoms with Crippen molar-refractivity contribution >= 4 is 15.9 Å². The molecule has 0 amide bonds. The van der Waals surface area contributed by atoms with Gasteiger partial charge in [0.05, 0.1) is 4.47 Å². The van der Waals surface area contributed by atoms with Gasteiger partial charge in [0.15, 0.2) is 0 Å². The summed E-state index contributed by atoms with van der Waals surface area (Å²) in [5.41, 5.74) is 1.22. The van der Waals surface area contributed by atoms with Crippen LogP contribution in [0.2, 0.25) is 0 Å². The van der Waals surface area contributed by atoms with Crippen LogP contribution in [0.3, 0.4) is 0 Å². The van der Waals surface area contributed by atoms with Gasteiger partial charge in [0, 0.05) is 12.6 Å². The molecule has 0 bridgehead atoms. The standard InChI is InChI=1S/C15H19BrFN/c16-13-9-11(6-7-14(13)17)10-18-8-2-4-12-3-1-5-15(12)18/h6-7,9,12,15H,1-5,8,10H2. The van der Waals surface area contributed by atoms with Crippen LogP contribution >= 0.6 is 15.9 Å². The van der Waals surface area contributed by atoms with Crippen molar-refractivity contribution in [1.82, 2.24) is 4.90 Å². The maximum Gasteiger partial charge on any atom is 0.137 e. The number of fused-ring (bicyclic) bond motifs is 1. The topological polar surface area (TPSA) is 3.24 Å². The fraction of sp³-hybridized carbons (Fsp3) is 0.600. The van der Waals surface area contributed by atoms with Gasteiger partial charge in [-0.2, -0.15) is 0 Å². The highest BCUT2D eigenvalue weighted by Crippen LogP contribution is 2.37. The lowest BCUT2D eigenvalue weighted by atomic mass is 9.91. The summed E-state index contributed by atoms with van der Waals surface area (Å²) in [4.78, 5) is 2.61. The average molecular weight is 312 g/mol. The molecule has 1 nitrogen and oxygen atoms in total. The van der Waals surface area contributed by atoms with Gasteiger partial charge in [-0.05, 0) is 71.8 Å². The molecule has 0 radical (unpaired) electrons. The number of rotatable bonds is 2. The maximum atomic E-state index is 13.2. The summed E-state index contributed by atoms with van der Waals surface area (Å²) in [5, 5.41) is 0. The largest absolute Gasteiger partial charge is 0.296 e. The first-order valence-corrected chi connectivity index (χ1v) is 7.71. The van der Waals surface area contributed by atoms with Gasteiger partial charge in [0.2, 0.25) is 0 Å². The quantitative estimate of drug-likeness (QED) is 0.784. The average Bonchev–Trinajstić information content (AvgIpc) is 2.83. The first kappa shape index (κ1) is 12.6. The highest BCUT2D eigenvalue weighted by Gasteiger charge is 2.34. The minimum atomic E-state index is -0.170. The smallest absolute Gasteiger partial charge is 0.137 e. The van der Waals surface area contributed by atoms with E-state index in [1.807, 2.05) is 12.1 Å². The Morgan fingerprint density at radius 2 is 2.06 bits per heavy atom. The fourth-order valence-corrected chi connectivity index (χ4v) is 4.05. The van der Waals surface area contributed by atoms with E-state index >= 15 is 0 Å². The summed E-state index contributed by atoms with van der Waals surface area (Å²) < 4.78 is 13.8. The Balaban J connectivity index is 1.73. The number of halogens is 2. The first-order chi connectivity index (χ1) is 8.74. The molecule has 1 aromatic rings. The molecule has 3 heteroatoms. The number of benzene rings is 1. The van der Waals surface area contributed by atoms with E-state index in [4.69, 9.17) is 0 Å². The molecule has 2 aliphatic rings. The molecule has 1 saturated carbocycles. The second-order valence-electron chi connectivity index (χ2n) is 5.62. The van der Waals surface area contributed by atoms with E-state index in [1.54, 1.807) is 6.07 Å². The number of likely N-dealkylation sites (tertiary alicyclic amines) is 1. The van der Waals surface area contributed by atoms with Crippen LogP contribution < -0.4 is 0 Å². The van der Waals surface area contributed by atoms with Gasteiger partial charge >= 0.3 is 0 Å². The third-order valence-corrected chi connectivity index (χ3v) is 5.09. The molecule has 0 N–H and O–H groups in total. The van der Waals surface area contributed by atoms with Crippen LogP contribution in [0.5, 0.6) is 0 Å². The molecule has 1 saturated heterocycles. The molecule has 1 aromatic carbocycles. The summed E-state index contributed by atoms with van der Waals surface area (Å²) >= 11 is 3.27. The SMILES string of the molecule is Fc1ccc(CN2CCCC3CCCC32)cc1Br. The fourth-order valence-electron chi connectivity index (χ4n) is 3.63. The van der Waals surface area contributed by atoms with E-state index in [0.29, 0.717) is 4.47 Å².